The van der Waals surface area contributed by atoms with Crippen LogP contribution < -0.4 is 10.6 Å². The molecule has 0 radical (unpaired) electrons. The van der Waals surface area contributed by atoms with E-state index in [2.05, 4.69) is 71.8 Å². The Morgan fingerprint density at radius 2 is 2.12 bits per heavy atom. The number of aliphatic imine (C=N–C) groups is 1. The number of ether oxygens (including phenoxy) is 1. The number of allylic oxidation sites excluding steroid dienone is 5. The molecule has 0 bridgehead atoms. The van der Waals surface area contributed by atoms with Crippen LogP contribution in [0.2, 0.25) is 0 Å². The molecule has 3 heterocycles. The van der Waals surface area contributed by atoms with Crippen LogP contribution in [0.15, 0.2) is 64.0 Å². The van der Waals surface area contributed by atoms with Crippen molar-refractivity contribution in [1.82, 2.24) is 15.5 Å². The Morgan fingerprint density at radius 3 is 2.76 bits per heavy atom. The van der Waals surface area contributed by atoms with Crippen molar-refractivity contribution >= 4 is 18.0 Å². The number of hydrogen-bond donors (Lipinski definition) is 2. The maximum atomic E-state index is 13.5. The first-order valence-corrected chi connectivity index (χ1v) is 12.3. The molecule has 0 saturated carbocycles. The van der Waals surface area contributed by atoms with E-state index in [1.807, 2.05) is 19.2 Å². The average Bonchev–Trinajstić information content (AvgIpc) is 3.26. The lowest BCUT2D eigenvalue weighted by molar-refractivity contribution is -0.126. The van der Waals surface area contributed by atoms with Gasteiger partial charge in [-0.2, -0.15) is 0 Å². The Hall–Kier alpha value is -2.93. The Bertz CT molecular complexity index is 1020. The first-order chi connectivity index (χ1) is 16.3. The number of nitrogens with one attached hydrogen (secondary N) is 2. The fourth-order valence-corrected chi connectivity index (χ4v) is 5.24. The van der Waals surface area contributed by atoms with Gasteiger partial charge in [0.15, 0.2) is 6.23 Å². The van der Waals surface area contributed by atoms with E-state index in [1.165, 1.54) is 0 Å². The van der Waals surface area contributed by atoms with Gasteiger partial charge in [0, 0.05) is 49.5 Å². The number of dihydropyridines is 1. The van der Waals surface area contributed by atoms with Crippen molar-refractivity contribution < 1.29 is 14.3 Å². The molecule has 5 atom stereocenters. The SMILES string of the molecule is CCC1C=C(C)NC(=O)C1CNC(=O)C1=CC(C2=CCC(OC)N=C2)=CC2C1C=CN2C(C)C. The number of methoxy groups -OCH3 is 1. The highest BCUT2D eigenvalue weighted by Crippen LogP contribution is 2.37. The van der Waals surface area contributed by atoms with Crippen LogP contribution >= 0.6 is 0 Å². The van der Waals surface area contributed by atoms with Crippen LogP contribution in [-0.2, 0) is 14.3 Å². The van der Waals surface area contributed by atoms with Crippen LogP contribution in [0.25, 0.3) is 0 Å². The number of fused-ring (bicyclic) bond motifs is 1. The fourth-order valence-electron chi connectivity index (χ4n) is 5.24. The monoisotopic (exact) mass is 464 g/mol. The quantitative estimate of drug-likeness (QED) is 0.606. The maximum absolute atomic E-state index is 13.5. The van der Waals surface area contributed by atoms with Crippen LogP contribution in [0.5, 0.6) is 0 Å². The molecule has 1 aliphatic carbocycles. The molecule has 34 heavy (non-hydrogen) atoms. The van der Waals surface area contributed by atoms with Crippen LogP contribution in [0.3, 0.4) is 0 Å². The largest absolute Gasteiger partial charge is 0.368 e. The Balaban J connectivity index is 1.56. The van der Waals surface area contributed by atoms with Crippen LogP contribution in [-0.4, -0.2) is 54.9 Å². The summed E-state index contributed by atoms with van der Waals surface area (Å²) in [4.78, 5) is 32.8. The summed E-state index contributed by atoms with van der Waals surface area (Å²) in [6.07, 6.45) is 15.9. The molecular formula is C27H36N4O3. The van der Waals surface area contributed by atoms with Crippen molar-refractivity contribution in [2.24, 2.45) is 22.7 Å². The van der Waals surface area contributed by atoms with Gasteiger partial charge in [-0.3, -0.25) is 14.6 Å². The number of nitrogens with zero attached hydrogens (tertiary/aromatic N) is 2. The second kappa shape index (κ2) is 10.1. The standard InChI is InChI=1S/C27H36N4O3/c1-6-18-11-17(4)30-27(33)23(18)15-29-26(32)22-12-20(19-7-8-25(34-5)28-14-19)13-24-21(22)9-10-31(24)16(2)3/h7,9-14,16,18,21,23-25H,6,8,15H2,1-5H3,(H,29,32)(H,30,33). The molecule has 3 aliphatic heterocycles. The number of hydrogen-bond acceptors (Lipinski definition) is 5. The number of amides is 2. The molecule has 182 valence electrons. The minimum absolute atomic E-state index is 0.0220. The molecule has 0 saturated heterocycles. The first kappa shape index (κ1) is 24.2. The highest BCUT2D eigenvalue weighted by molar-refractivity contribution is 5.97. The smallest absolute Gasteiger partial charge is 0.247 e. The van der Waals surface area contributed by atoms with Crippen molar-refractivity contribution in [3.63, 3.8) is 0 Å². The van der Waals surface area contributed by atoms with E-state index in [4.69, 9.17) is 4.74 Å². The molecule has 0 spiro atoms. The summed E-state index contributed by atoms with van der Waals surface area (Å²) in [5, 5.41) is 5.99. The van der Waals surface area contributed by atoms with E-state index in [9.17, 15) is 9.59 Å². The molecule has 4 aliphatic rings. The average molecular weight is 465 g/mol. The lowest BCUT2D eigenvalue weighted by atomic mass is 9.82. The zero-order valence-electron chi connectivity index (χ0n) is 20.7. The topological polar surface area (TPSA) is 83.0 Å². The van der Waals surface area contributed by atoms with Crippen molar-refractivity contribution in [1.29, 1.82) is 0 Å². The summed E-state index contributed by atoms with van der Waals surface area (Å²) in [7, 11) is 1.66. The van der Waals surface area contributed by atoms with Gasteiger partial charge in [0.05, 0.1) is 12.0 Å². The van der Waals surface area contributed by atoms with Crippen molar-refractivity contribution in [3.8, 4) is 0 Å². The van der Waals surface area contributed by atoms with Crippen LogP contribution in [0.4, 0.5) is 0 Å². The third-order valence-corrected chi connectivity index (χ3v) is 7.17. The van der Waals surface area contributed by atoms with Gasteiger partial charge in [-0.15, -0.1) is 0 Å². The van der Waals surface area contributed by atoms with Crippen molar-refractivity contribution in [2.75, 3.05) is 13.7 Å². The summed E-state index contributed by atoms with van der Waals surface area (Å²) < 4.78 is 5.33. The Morgan fingerprint density at radius 1 is 1.32 bits per heavy atom. The van der Waals surface area contributed by atoms with E-state index in [-0.39, 0.29) is 41.8 Å². The van der Waals surface area contributed by atoms with E-state index < -0.39 is 0 Å². The van der Waals surface area contributed by atoms with Crippen molar-refractivity contribution in [2.45, 2.75) is 58.8 Å². The summed E-state index contributed by atoms with van der Waals surface area (Å²) in [5.74, 6) is -0.307. The minimum Gasteiger partial charge on any atom is -0.368 e. The molecule has 0 aromatic heterocycles. The molecular weight excluding hydrogens is 428 g/mol. The van der Waals surface area contributed by atoms with Crippen molar-refractivity contribution in [3.05, 3.63) is 59.0 Å². The van der Waals surface area contributed by atoms with Gasteiger partial charge in [-0.05, 0) is 56.5 Å². The summed E-state index contributed by atoms with van der Waals surface area (Å²) >= 11 is 0. The molecule has 0 aromatic carbocycles. The maximum Gasteiger partial charge on any atom is 0.247 e. The number of carbonyl (C=O) groups excluding carboxylic acids is 2. The predicted octanol–water partition coefficient (Wildman–Crippen LogP) is 3.24. The number of rotatable bonds is 7. The highest BCUT2D eigenvalue weighted by atomic mass is 16.5. The first-order valence-electron chi connectivity index (χ1n) is 12.3. The molecule has 7 nitrogen and oxygen atoms in total. The molecule has 5 unspecified atom stereocenters. The molecule has 0 aromatic rings. The third-order valence-electron chi connectivity index (χ3n) is 7.17. The summed E-state index contributed by atoms with van der Waals surface area (Å²) in [5.41, 5.74) is 3.61. The lowest BCUT2D eigenvalue weighted by Crippen LogP contribution is -2.46. The second-order valence-corrected chi connectivity index (χ2v) is 9.71. The molecule has 2 N–H and O–H groups in total. The van der Waals surface area contributed by atoms with Gasteiger partial charge in [-0.1, -0.05) is 31.2 Å². The molecule has 4 rings (SSSR count). The Kier molecular flexibility index (Phi) is 7.22. The fraction of sp³-hybridized carbons (Fsp3) is 0.519. The summed E-state index contributed by atoms with van der Waals surface area (Å²) in [6.45, 7) is 8.61. The van der Waals surface area contributed by atoms with E-state index in [0.717, 1.165) is 28.8 Å². The zero-order chi connectivity index (χ0) is 24.4. The van der Waals surface area contributed by atoms with Crippen LogP contribution in [0, 0.1) is 17.8 Å². The normalized spacial score (nSPS) is 30.4. The van der Waals surface area contributed by atoms with Gasteiger partial charge in [0.25, 0.3) is 0 Å². The van der Waals surface area contributed by atoms with Gasteiger partial charge in [-0.25, -0.2) is 0 Å². The molecule has 0 fully saturated rings. The van der Waals surface area contributed by atoms with Gasteiger partial charge >= 0.3 is 0 Å². The predicted molar refractivity (Wildman–Crippen MR) is 134 cm³/mol. The Labute approximate surface area is 202 Å². The van der Waals surface area contributed by atoms with Gasteiger partial charge < -0.3 is 20.3 Å². The zero-order valence-corrected chi connectivity index (χ0v) is 20.7. The third kappa shape index (κ3) is 4.80. The number of carbonyl (C=O) groups is 2. The summed E-state index contributed by atoms with van der Waals surface area (Å²) in [6, 6.07) is 0.381. The van der Waals surface area contributed by atoms with E-state index in [0.29, 0.717) is 19.0 Å². The van der Waals surface area contributed by atoms with Crippen LogP contribution in [0.1, 0.15) is 40.5 Å². The lowest BCUT2D eigenvalue weighted by Gasteiger charge is -2.35. The van der Waals surface area contributed by atoms with Gasteiger partial charge in [0.1, 0.15) is 0 Å². The second-order valence-electron chi connectivity index (χ2n) is 9.71. The minimum atomic E-state index is -0.266. The van der Waals surface area contributed by atoms with Gasteiger partial charge in [0.2, 0.25) is 11.8 Å². The molecule has 7 heteroatoms. The van der Waals surface area contributed by atoms with E-state index >= 15 is 0 Å². The van der Waals surface area contributed by atoms with E-state index in [1.54, 1.807) is 7.11 Å². The molecule has 2 amide bonds. The highest BCUT2D eigenvalue weighted by Gasteiger charge is 2.38.